The lowest BCUT2D eigenvalue weighted by molar-refractivity contribution is 0.166. The molecule has 3 nitrogen and oxygen atoms in total. The smallest absolute Gasteiger partial charge is 0.404 e. The van der Waals surface area contributed by atoms with E-state index in [-0.39, 0.29) is 5.75 Å². The Kier molecular flexibility index (Phi) is 5.71. The van der Waals surface area contributed by atoms with Crippen LogP contribution in [0.3, 0.4) is 0 Å². The quantitative estimate of drug-likeness (QED) is 0.454. The Labute approximate surface area is 140 Å². The molecule has 2 aromatic carbocycles. The molecule has 0 heterocycles. The van der Waals surface area contributed by atoms with Crippen molar-refractivity contribution >= 4 is 17.9 Å². The van der Waals surface area contributed by atoms with Gasteiger partial charge in [-0.15, -0.1) is 11.8 Å². The Bertz CT molecular complexity index is 724. The zero-order valence-corrected chi connectivity index (χ0v) is 13.6. The molecule has 0 saturated heterocycles. The van der Waals surface area contributed by atoms with Gasteiger partial charge in [-0.05, 0) is 5.56 Å². The second-order valence-electron chi connectivity index (χ2n) is 4.95. The van der Waals surface area contributed by atoms with E-state index in [2.05, 4.69) is 4.74 Å². The number of hydrogen-bond acceptors (Lipinski definition) is 3. The largest absolute Gasteiger partial charge is 0.414 e. The molecule has 0 aliphatic carbocycles. The number of nitrogens with zero attached hydrogens (tertiary/aromatic N) is 1. The Morgan fingerprint density at radius 3 is 2.04 bits per heavy atom. The third-order valence-corrected chi connectivity index (χ3v) is 4.09. The third kappa shape index (κ3) is 3.81. The van der Waals surface area contributed by atoms with Crippen molar-refractivity contribution in [1.29, 1.82) is 0 Å². The summed E-state index contributed by atoms with van der Waals surface area (Å²) in [6.07, 6.45) is -1.16. The third-order valence-electron chi connectivity index (χ3n) is 2.96. The average Bonchev–Trinajstić information content (AvgIpc) is 2.57. The fraction of sp³-hybridized carbons (Fsp3) is 0.188. The minimum absolute atomic E-state index is 0.115. The van der Waals surface area contributed by atoms with Crippen LogP contribution in [-0.4, -0.2) is 25.1 Å². The maximum absolute atomic E-state index is 14.0. The summed E-state index contributed by atoms with van der Waals surface area (Å²) in [6.45, 7) is 0. The van der Waals surface area contributed by atoms with E-state index in [9.17, 15) is 22.4 Å². The van der Waals surface area contributed by atoms with Crippen LogP contribution in [0.4, 0.5) is 22.4 Å². The predicted molar refractivity (Wildman–Crippen MR) is 82.0 cm³/mol. The lowest BCUT2D eigenvalue weighted by Crippen LogP contribution is -2.26. The molecule has 0 atom stereocenters. The lowest BCUT2D eigenvalue weighted by Gasteiger charge is -2.14. The number of ether oxygens (including phenoxy) is 1. The molecule has 0 bridgehead atoms. The fourth-order valence-electron chi connectivity index (χ4n) is 1.72. The van der Waals surface area contributed by atoms with E-state index in [1.807, 2.05) is 0 Å². The van der Waals surface area contributed by atoms with E-state index in [0.29, 0.717) is 11.8 Å². The number of thioether (sulfide) groups is 1. The summed E-state index contributed by atoms with van der Waals surface area (Å²) in [5, 5.41) is 0. The standard InChI is InChI=1S/C16H13F4NO2S/c1-21(2)16(22)23-14-10(17)12(19)15(13(20)11(14)18)24-8-9-6-4-3-5-7-9/h3-7H,8H2,1-2H3. The number of carbonyl (C=O) groups is 1. The molecular formula is C16H13F4NO2S. The van der Waals surface area contributed by atoms with Gasteiger partial charge in [-0.3, -0.25) is 0 Å². The summed E-state index contributed by atoms with van der Waals surface area (Å²) in [6, 6.07) is 8.65. The average molecular weight is 359 g/mol. The first-order valence-electron chi connectivity index (χ1n) is 6.74. The molecular weight excluding hydrogens is 346 g/mol. The van der Waals surface area contributed by atoms with Crippen molar-refractivity contribution in [3.05, 3.63) is 59.2 Å². The molecule has 0 N–H and O–H groups in total. The summed E-state index contributed by atoms with van der Waals surface area (Å²) in [7, 11) is 2.52. The maximum atomic E-state index is 14.0. The molecule has 24 heavy (non-hydrogen) atoms. The van der Waals surface area contributed by atoms with Gasteiger partial charge in [0.1, 0.15) is 0 Å². The van der Waals surface area contributed by atoms with Gasteiger partial charge in [0.15, 0.2) is 11.6 Å². The summed E-state index contributed by atoms with van der Waals surface area (Å²) in [4.78, 5) is 11.4. The number of rotatable bonds is 4. The lowest BCUT2D eigenvalue weighted by atomic mass is 10.2. The highest BCUT2D eigenvalue weighted by atomic mass is 32.2. The molecule has 0 fully saturated rings. The first-order chi connectivity index (χ1) is 11.3. The zero-order chi connectivity index (χ0) is 17.9. The van der Waals surface area contributed by atoms with Crippen molar-refractivity contribution in [2.75, 3.05) is 14.1 Å². The number of carbonyl (C=O) groups excluding carboxylic acids is 1. The SMILES string of the molecule is CN(C)C(=O)Oc1c(F)c(F)c(SCc2ccccc2)c(F)c1F. The van der Waals surface area contributed by atoms with Gasteiger partial charge in [0.05, 0.1) is 4.90 Å². The van der Waals surface area contributed by atoms with Crippen molar-refractivity contribution < 1.29 is 27.1 Å². The zero-order valence-electron chi connectivity index (χ0n) is 12.8. The van der Waals surface area contributed by atoms with Crippen LogP contribution in [0.25, 0.3) is 0 Å². The van der Waals surface area contributed by atoms with Crippen LogP contribution >= 0.6 is 11.8 Å². The summed E-state index contributed by atoms with van der Waals surface area (Å²) in [5.74, 6) is -7.98. The minimum Gasteiger partial charge on any atom is -0.404 e. The maximum Gasteiger partial charge on any atom is 0.414 e. The summed E-state index contributed by atoms with van der Waals surface area (Å²) < 4.78 is 60.4. The molecule has 0 aliphatic rings. The van der Waals surface area contributed by atoms with Crippen LogP contribution in [0.1, 0.15) is 5.56 Å². The highest BCUT2D eigenvalue weighted by molar-refractivity contribution is 7.98. The van der Waals surface area contributed by atoms with Gasteiger partial charge in [-0.1, -0.05) is 30.3 Å². The van der Waals surface area contributed by atoms with E-state index in [1.54, 1.807) is 30.3 Å². The Hall–Kier alpha value is -2.22. The molecule has 0 spiro atoms. The summed E-state index contributed by atoms with van der Waals surface area (Å²) >= 11 is 0.608. The van der Waals surface area contributed by atoms with Crippen LogP contribution in [0, 0.1) is 23.3 Å². The highest BCUT2D eigenvalue weighted by Crippen LogP contribution is 2.36. The molecule has 0 unspecified atom stereocenters. The fourth-order valence-corrected chi connectivity index (χ4v) is 2.65. The van der Waals surface area contributed by atoms with Crippen LogP contribution in [0.2, 0.25) is 0 Å². The second kappa shape index (κ2) is 7.57. The van der Waals surface area contributed by atoms with Crippen molar-refractivity contribution in [2.45, 2.75) is 10.6 Å². The topological polar surface area (TPSA) is 29.5 Å². The molecule has 0 aliphatic heterocycles. The molecule has 0 radical (unpaired) electrons. The molecule has 0 aromatic heterocycles. The Morgan fingerprint density at radius 1 is 1.00 bits per heavy atom. The molecule has 0 saturated carbocycles. The van der Waals surface area contributed by atoms with Crippen LogP contribution in [-0.2, 0) is 5.75 Å². The molecule has 2 rings (SSSR count). The van der Waals surface area contributed by atoms with Gasteiger partial charge in [-0.25, -0.2) is 13.6 Å². The van der Waals surface area contributed by atoms with E-state index >= 15 is 0 Å². The van der Waals surface area contributed by atoms with Crippen LogP contribution in [0.5, 0.6) is 5.75 Å². The molecule has 128 valence electrons. The summed E-state index contributed by atoms with van der Waals surface area (Å²) in [5.41, 5.74) is 0.727. The monoisotopic (exact) mass is 359 g/mol. The van der Waals surface area contributed by atoms with Crippen LogP contribution < -0.4 is 4.74 Å². The van der Waals surface area contributed by atoms with Gasteiger partial charge in [0.2, 0.25) is 17.4 Å². The second-order valence-corrected chi connectivity index (χ2v) is 5.94. The highest BCUT2D eigenvalue weighted by Gasteiger charge is 2.28. The van der Waals surface area contributed by atoms with E-state index in [1.165, 1.54) is 14.1 Å². The van der Waals surface area contributed by atoms with Crippen molar-refractivity contribution in [3.8, 4) is 5.75 Å². The van der Waals surface area contributed by atoms with Crippen molar-refractivity contribution in [3.63, 3.8) is 0 Å². The molecule has 1 amide bonds. The van der Waals surface area contributed by atoms with Crippen molar-refractivity contribution in [2.24, 2.45) is 0 Å². The van der Waals surface area contributed by atoms with Gasteiger partial charge >= 0.3 is 6.09 Å². The van der Waals surface area contributed by atoms with Gasteiger partial charge < -0.3 is 9.64 Å². The Morgan fingerprint density at radius 2 is 1.54 bits per heavy atom. The Balaban J connectivity index is 2.32. The number of halogens is 4. The van der Waals surface area contributed by atoms with Gasteiger partial charge in [-0.2, -0.15) is 8.78 Å². The number of amides is 1. The molecule has 2 aromatic rings. The van der Waals surface area contributed by atoms with Crippen LogP contribution in [0.15, 0.2) is 35.2 Å². The first-order valence-corrected chi connectivity index (χ1v) is 7.73. The number of benzene rings is 2. The first kappa shape index (κ1) is 18.1. The van der Waals surface area contributed by atoms with Gasteiger partial charge in [0, 0.05) is 19.8 Å². The van der Waals surface area contributed by atoms with E-state index in [4.69, 9.17) is 0 Å². The number of hydrogen-bond donors (Lipinski definition) is 0. The molecule has 8 heteroatoms. The minimum atomic E-state index is -1.75. The normalized spacial score (nSPS) is 10.6. The predicted octanol–water partition coefficient (Wildman–Crippen LogP) is 4.60. The van der Waals surface area contributed by atoms with E-state index < -0.39 is 40.0 Å². The van der Waals surface area contributed by atoms with Gasteiger partial charge in [0.25, 0.3) is 0 Å². The van der Waals surface area contributed by atoms with E-state index in [0.717, 1.165) is 10.5 Å². The van der Waals surface area contributed by atoms with Crippen molar-refractivity contribution in [1.82, 2.24) is 4.90 Å².